The molecule has 0 bridgehead atoms. The van der Waals surface area contributed by atoms with Crippen molar-refractivity contribution in [3.05, 3.63) is 57.8 Å². The summed E-state index contributed by atoms with van der Waals surface area (Å²) in [6, 6.07) is 9.15. The van der Waals surface area contributed by atoms with Gasteiger partial charge in [-0.2, -0.15) is 0 Å². The van der Waals surface area contributed by atoms with Crippen LogP contribution < -0.4 is 0 Å². The molecule has 0 aliphatic carbocycles. The van der Waals surface area contributed by atoms with E-state index in [4.69, 9.17) is 28.3 Å². The highest BCUT2D eigenvalue weighted by Gasteiger charge is 2.15. The minimum atomic E-state index is -1.11. The molecule has 98 valence electrons. The maximum Gasteiger partial charge on any atom is 0.307 e. The van der Waals surface area contributed by atoms with E-state index >= 15 is 0 Å². The Morgan fingerprint density at radius 2 is 1.89 bits per heavy atom. The first-order valence-electron chi connectivity index (χ1n) is 5.43. The van der Waals surface area contributed by atoms with Crippen molar-refractivity contribution < 1.29 is 14.3 Å². The predicted octanol–water partition coefficient (Wildman–Crippen LogP) is 4.43. The Labute approximate surface area is 119 Å². The maximum absolute atomic E-state index is 13.8. The first-order chi connectivity index (χ1) is 8.99. The first kappa shape index (κ1) is 13.8. The first-order valence-corrected chi connectivity index (χ1v) is 6.19. The van der Waals surface area contributed by atoms with Crippen molar-refractivity contribution in [1.29, 1.82) is 0 Å². The minimum Gasteiger partial charge on any atom is -0.481 e. The Kier molecular flexibility index (Phi) is 4.08. The molecule has 0 aliphatic heterocycles. The third-order valence-corrected chi connectivity index (χ3v) is 3.23. The smallest absolute Gasteiger partial charge is 0.307 e. The number of carboxylic acid groups (broad SMARTS) is 1. The van der Waals surface area contributed by atoms with Crippen molar-refractivity contribution in [1.82, 2.24) is 0 Å². The van der Waals surface area contributed by atoms with Crippen molar-refractivity contribution in [3.8, 4) is 11.1 Å². The fourth-order valence-electron chi connectivity index (χ4n) is 1.85. The van der Waals surface area contributed by atoms with Gasteiger partial charge in [-0.1, -0.05) is 35.3 Å². The molecule has 5 heteroatoms. The number of benzene rings is 2. The zero-order valence-corrected chi connectivity index (χ0v) is 11.2. The molecule has 0 aliphatic rings. The van der Waals surface area contributed by atoms with Gasteiger partial charge in [0.25, 0.3) is 0 Å². The molecule has 2 aromatic carbocycles. The molecule has 0 saturated heterocycles. The van der Waals surface area contributed by atoms with Crippen LogP contribution in [-0.4, -0.2) is 11.1 Å². The Hall–Kier alpha value is -1.58. The Balaban J connectivity index is 2.64. The third-order valence-electron chi connectivity index (χ3n) is 2.67. The number of carboxylic acids is 1. The summed E-state index contributed by atoms with van der Waals surface area (Å²) in [5.41, 5.74) is 1.05. The second-order valence-corrected chi connectivity index (χ2v) is 4.80. The Morgan fingerprint density at radius 3 is 2.58 bits per heavy atom. The zero-order chi connectivity index (χ0) is 14.0. The highest BCUT2D eigenvalue weighted by molar-refractivity contribution is 6.35. The van der Waals surface area contributed by atoms with Crippen molar-refractivity contribution >= 4 is 29.2 Å². The topological polar surface area (TPSA) is 37.3 Å². The van der Waals surface area contributed by atoms with Crippen LogP contribution in [0, 0.1) is 5.82 Å². The van der Waals surface area contributed by atoms with E-state index in [9.17, 15) is 9.18 Å². The van der Waals surface area contributed by atoms with Crippen molar-refractivity contribution in [2.45, 2.75) is 6.42 Å². The molecule has 0 spiro atoms. The van der Waals surface area contributed by atoms with Gasteiger partial charge in [0.05, 0.1) is 6.42 Å². The van der Waals surface area contributed by atoms with Gasteiger partial charge in [-0.15, -0.1) is 0 Å². The standard InChI is InChI=1S/C14H9Cl2FO2/c15-8-4-5-12(16)10(6-8)9-2-1-3-13(17)11(9)7-14(18)19/h1-6H,7H2,(H,18,19). The van der Waals surface area contributed by atoms with E-state index in [-0.39, 0.29) is 5.56 Å². The monoisotopic (exact) mass is 298 g/mol. The summed E-state index contributed by atoms with van der Waals surface area (Å²) < 4.78 is 13.8. The Bertz CT molecular complexity index is 641. The van der Waals surface area contributed by atoms with E-state index in [1.54, 1.807) is 24.3 Å². The van der Waals surface area contributed by atoms with Crippen LogP contribution in [0.25, 0.3) is 11.1 Å². The van der Waals surface area contributed by atoms with Crippen LogP contribution in [0.15, 0.2) is 36.4 Å². The lowest BCUT2D eigenvalue weighted by Crippen LogP contribution is -2.04. The predicted molar refractivity (Wildman–Crippen MR) is 73.2 cm³/mol. The van der Waals surface area contributed by atoms with E-state index in [1.165, 1.54) is 12.1 Å². The fraction of sp³-hybridized carbons (Fsp3) is 0.0714. The summed E-state index contributed by atoms with van der Waals surface area (Å²) in [7, 11) is 0. The highest BCUT2D eigenvalue weighted by Crippen LogP contribution is 2.34. The number of hydrogen-bond donors (Lipinski definition) is 1. The summed E-state index contributed by atoms with van der Waals surface area (Å²) in [6.07, 6.45) is -0.412. The lowest BCUT2D eigenvalue weighted by Gasteiger charge is -2.11. The molecule has 2 aromatic rings. The molecule has 0 saturated carbocycles. The maximum atomic E-state index is 13.8. The van der Waals surface area contributed by atoms with E-state index in [0.29, 0.717) is 21.2 Å². The molecular weight excluding hydrogens is 290 g/mol. The van der Waals surface area contributed by atoms with E-state index in [1.807, 2.05) is 0 Å². The molecule has 2 nitrogen and oxygen atoms in total. The number of hydrogen-bond acceptors (Lipinski definition) is 1. The van der Waals surface area contributed by atoms with Gasteiger partial charge < -0.3 is 5.11 Å². The minimum absolute atomic E-state index is 0.0965. The highest BCUT2D eigenvalue weighted by atomic mass is 35.5. The average Bonchev–Trinajstić information content (AvgIpc) is 2.34. The molecule has 0 atom stereocenters. The quantitative estimate of drug-likeness (QED) is 0.910. The molecule has 1 N–H and O–H groups in total. The molecule has 0 radical (unpaired) electrons. The third kappa shape index (κ3) is 3.06. The number of aliphatic carboxylic acids is 1. The summed E-state index contributed by atoms with van der Waals surface area (Å²) in [5.74, 6) is -1.68. The van der Waals surface area contributed by atoms with Crippen LogP contribution in [0.3, 0.4) is 0 Å². The summed E-state index contributed by atoms with van der Waals surface area (Å²) in [6.45, 7) is 0. The summed E-state index contributed by atoms with van der Waals surface area (Å²) >= 11 is 12.0. The SMILES string of the molecule is O=C(O)Cc1c(F)cccc1-c1cc(Cl)ccc1Cl. The lowest BCUT2D eigenvalue weighted by atomic mass is 9.97. The van der Waals surface area contributed by atoms with Gasteiger partial charge in [-0.3, -0.25) is 4.79 Å². The number of carbonyl (C=O) groups is 1. The van der Waals surface area contributed by atoms with E-state index in [0.717, 1.165) is 0 Å². The fourth-order valence-corrected chi connectivity index (χ4v) is 2.24. The van der Waals surface area contributed by atoms with Gasteiger partial charge in [0, 0.05) is 21.2 Å². The number of rotatable bonds is 3. The molecule has 2 rings (SSSR count). The molecule has 0 unspecified atom stereocenters. The molecule has 19 heavy (non-hydrogen) atoms. The van der Waals surface area contributed by atoms with Gasteiger partial charge in [0.2, 0.25) is 0 Å². The molecular formula is C14H9Cl2FO2. The van der Waals surface area contributed by atoms with Gasteiger partial charge in [-0.05, 0) is 29.8 Å². The Morgan fingerprint density at radius 1 is 1.16 bits per heavy atom. The normalized spacial score (nSPS) is 10.5. The number of halogens is 3. The second-order valence-electron chi connectivity index (χ2n) is 3.96. The summed E-state index contributed by atoms with van der Waals surface area (Å²) in [4.78, 5) is 10.8. The van der Waals surface area contributed by atoms with E-state index < -0.39 is 18.2 Å². The summed E-state index contributed by atoms with van der Waals surface area (Å²) in [5, 5.41) is 9.70. The van der Waals surface area contributed by atoms with Crippen LogP contribution in [0.1, 0.15) is 5.56 Å². The van der Waals surface area contributed by atoms with Gasteiger partial charge in [0.15, 0.2) is 0 Å². The molecule has 0 fully saturated rings. The van der Waals surface area contributed by atoms with Crippen molar-refractivity contribution in [2.24, 2.45) is 0 Å². The molecule has 0 amide bonds. The van der Waals surface area contributed by atoms with Gasteiger partial charge >= 0.3 is 5.97 Å². The van der Waals surface area contributed by atoms with Crippen molar-refractivity contribution in [3.63, 3.8) is 0 Å². The largest absolute Gasteiger partial charge is 0.481 e. The van der Waals surface area contributed by atoms with Crippen LogP contribution >= 0.6 is 23.2 Å². The molecule has 0 heterocycles. The van der Waals surface area contributed by atoms with Crippen LogP contribution in [-0.2, 0) is 11.2 Å². The van der Waals surface area contributed by atoms with Crippen LogP contribution in [0.2, 0.25) is 10.0 Å². The second kappa shape index (κ2) is 5.59. The van der Waals surface area contributed by atoms with Crippen molar-refractivity contribution in [2.75, 3.05) is 0 Å². The average molecular weight is 299 g/mol. The van der Waals surface area contributed by atoms with Gasteiger partial charge in [-0.25, -0.2) is 4.39 Å². The molecule has 0 aromatic heterocycles. The van der Waals surface area contributed by atoms with E-state index in [2.05, 4.69) is 0 Å². The van der Waals surface area contributed by atoms with Crippen LogP contribution in [0.5, 0.6) is 0 Å². The van der Waals surface area contributed by atoms with Crippen LogP contribution in [0.4, 0.5) is 4.39 Å². The lowest BCUT2D eigenvalue weighted by molar-refractivity contribution is -0.136. The zero-order valence-electron chi connectivity index (χ0n) is 9.66. The van der Waals surface area contributed by atoms with Gasteiger partial charge in [0.1, 0.15) is 5.82 Å².